The summed E-state index contributed by atoms with van der Waals surface area (Å²) in [5.41, 5.74) is 1.91. The number of benzene rings is 2. The van der Waals surface area contributed by atoms with Crippen molar-refractivity contribution < 1.29 is 13.9 Å². The summed E-state index contributed by atoms with van der Waals surface area (Å²) in [5.74, 6) is 0.608. The Hall–Kier alpha value is -2.40. The maximum atomic E-state index is 13.2. The van der Waals surface area contributed by atoms with E-state index in [0.717, 1.165) is 36.3 Å². The lowest BCUT2D eigenvalue weighted by Gasteiger charge is -2.29. The molecule has 0 saturated carbocycles. The van der Waals surface area contributed by atoms with Crippen LogP contribution in [0.3, 0.4) is 0 Å². The minimum Gasteiger partial charge on any atom is -0.497 e. The molecule has 1 amide bonds. The van der Waals surface area contributed by atoms with Crippen molar-refractivity contribution in [1.82, 2.24) is 9.80 Å². The first-order valence-corrected chi connectivity index (χ1v) is 9.40. The van der Waals surface area contributed by atoms with Gasteiger partial charge in [0.25, 0.3) is 0 Å². The van der Waals surface area contributed by atoms with Crippen LogP contribution in [0.5, 0.6) is 5.75 Å². The van der Waals surface area contributed by atoms with Gasteiger partial charge in [-0.05, 0) is 61.8 Å². The molecule has 1 fully saturated rings. The van der Waals surface area contributed by atoms with Crippen molar-refractivity contribution in [3.63, 3.8) is 0 Å². The Morgan fingerprint density at radius 2 is 1.81 bits per heavy atom. The van der Waals surface area contributed by atoms with Gasteiger partial charge in [0.2, 0.25) is 5.91 Å². The summed E-state index contributed by atoms with van der Waals surface area (Å²) in [7, 11) is 3.74. The number of halogens is 1. The van der Waals surface area contributed by atoms with Gasteiger partial charge >= 0.3 is 0 Å². The molecule has 2 aromatic rings. The summed E-state index contributed by atoms with van der Waals surface area (Å²) < 4.78 is 18.4. The Morgan fingerprint density at radius 3 is 2.41 bits per heavy atom. The second kappa shape index (κ2) is 9.00. The molecule has 1 aliphatic heterocycles. The number of rotatable bonds is 7. The fourth-order valence-electron chi connectivity index (χ4n) is 3.56. The lowest BCUT2D eigenvalue weighted by atomic mass is 10.1. The molecule has 0 radical (unpaired) electrons. The van der Waals surface area contributed by atoms with Crippen molar-refractivity contribution in [3.8, 4) is 5.75 Å². The van der Waals surface area contributed by atoms with E-state index in [2.05, 4.69) is 11.9 Å². The SMILES string of the molecule is COc1ccc(CC(=O)N(Cc2ccc(F)cc2)C[C@@H]2CCCN2C)cc1. The van der Waals surface area contributed by atoms with Gasteiger partial charge in [0.05, 0.1) is 13.5 Å². The van der Waals surface area contributed by atoms with Crippen LogP contribution in [0.15, 0.2) is 48.5 Å². The van der Waals surface area contributed by atoms with Crippen LogP contribution in [0.25, 0.3) is 0 Å². The summed E-state index contributed by atoms with van der Waals surface area (Å²) in [6, 6.07) is 14.4. The Morgan fingerprint density at radius 1 is 1.15 bits per heavy atom. The molecule has 0 spiro atoms. The van der Waals surface area contributed by atoms with Crippen LogP contribution in [0.2, 0.25) is 0 Å². The average Bonchev–Trinajstić information content (AvgIpc) is 3.08. The third-order valence-corrected chi connectivity index (χ3v) is 5.26. The third-order valence-electron chi connectivity index (χ3n) is 5.26. The Labute approximate surface area is 160 Å². The number of likely N-dealkylation sites (tertiary alicyclic amines) is 1. The van der Waals surface area contributed by atoms with Crippen molar-refractivity contribution in [3.05, 3.63) is 65.5 Å². The largest absolute Gasteiger partial charge is 0.497 e. The Kier molecular flexibility index (Phi) is 6.45. The lowest BCUT2D eigenvalue weighted by molar-refractivity contribution is -0.131. The molecular weight excluding hydrogens is 343 g/mol. The fraction of sp³-hybridized carbons (Fsp3) is 0.409. The van der Waals surface area contributed by atoms with Crippen LogP contribution in [-0.4, -0.2) is 49.0 Å². The quantitative estimate of drug-likeness (QED) is 0.748. The minimum absolute atomic E-state index is 0.0878. The molecule has 0 aromatic heterocycles. The van der Waals surface area contributed by atoms with Gasteiger partial charge < -0.3 is 14.5 Å². The van der Waals surface area contributed by atoms with Crippen LogP contribution in [0.4, 0.5) is 4.39 Å². The molecule has 1 aliphatic rings. The monoisotopic (exact) mass is 370 g/mol. The van der Waals surface area contributed by atoms with Crippen LogP contribution < -0.4 is 4.74 Å². The third kappa shape index (κ3) is 5.30. The van der Waals surface area contributed by atoms with Crippen molar-refractivity contribution in [2.75, 3.05) is 27.2 Å². The molecule has 144 valence electrons. The van der Waals surface area contributed by atoms with Crippen molar-refractivity contribution >= 4 is 5.91 Å². The molecule has 0 unspecified atom stereocenters. The Balaban J connectivity index is 1.72. The standard InChI is InChI=1S/C22H27FN2O2/c1-24-13-3-4-20(24)16-25(15-18-5-9-19(23)10-6-18)22(26)14-17-7-11-21(27-2)12-8-17/h5-12,20H,3-4,13-16H2,1-2H3/t20-/m0/s1. The smallest absolute Gasteiger partial charge is 0.227 e. The number of carbonyl (C=O) groups is 1. The molecule has 27 heavy (non-hydrogen) atoms. The van der Waals surface area contributed by atoms with Crippen LogP contribution in [0, 0.1) is 5.82 Å². The van der Waals surface area contributed by atoms with Gasteiger partial charge in [-0.15, -0.1) is 0 Å². The van der Waals surface area contributed by atoms with Gasteiger partial charge in [0.15, 0.2) is 0 Å². The maximum absolute atomic E-state index is 13.2. The van der Waals surface area contributed by atoms with Gasteiger partial charge in [-0.3, -0.25) is 4.79 Å². The molecule has 1 heterocycles. The number of hydrogen-bond acceptors (Lipinski definition) is 3. The van der Waals surface area contributed by atoms with Crippen molar-refractivity contribution in [2.45, 2.75) is 31.8 Å². The van der Waals surface area contributed by atoms with Crippen LogP contribution >= 0.6 is 0 Å². The second-order valence-electron chi connectivity index (χ2n) is 7.20. The number of carbonyl (C=O) groups excluding carboxylic acids is 1. The zero-order chi connectivity index (χ0) is 19.2. The lowest BCUT2D eigenvalue weighted by Crippen LogP contribution is -2.42. The van der Waals surface area contributed by atoms with Crippen molar-refractivity contribution in [2.24, 2.45) is 0 Å². The van der Waals surface area contributed by atoms with E-state index in [-0.39, 0.29) is 11.7 Å². The molecule has 1 saturated heterocycles. The molecule has 3 rings (SSSR count). The van der Waals surface area contributed by atoms with Gasteiger partial charge in [-0.2, -0.15) is 0 Å². The van der Waals surface area contributed by atoms with E-state index in [1.807, 2.05) is 29.2 Å². The number of amides is 1. The first-order valence-electron chi connectivity index (χ1n) is 9.40. The molecule has 0 N–H and O–H groups in total. The topological polar surface area (TPSA) is 32.8 Å². The highest BCUT2D eigenvalue weighted by molar-refractivity contribution is 5.79. The molecule has 2 aromatic carbocycles. The summed E-state index contributed by atoms with van der Waals surface area (Å²) in [4.78, 5) is 17.3. The normalized spacial score (nSPS) is 17.1. The van der Waals surface area contributed by atoms with Gasteiger partial charge in [-0.1, -0.05) is 24.3 Å². The van der Waals surface area contributed by atoms with E-state index in [1.54, 1.807) is 19.2 Å². The number of methoxy groups -OCH3 is 1. The minimum atomic E-state index is -0.259. The highest BCUT2D eigenvalue weighted by atomic mass is 19.1. The van der Waals surface area contributed by atoms with E-state index >= 15 is 0 Å². The molecule has 0 aliphatic carbocycles. The number of likely N-dealkylation sites (N-methyl/N-ethyl adjacent to an activating group) is 1. The zero-order valence-electron chi connectivity index (χ0n) is 16.0. The van der Waals surface area contributed by atoms with E-state index in [1.165, 1.54) is 12.1 Å². The van der Waals surface area contributed by atoms with Gasteiger partial charge in [-0.25, -0.2) is 4.39 Å². The molecule has 0 bridgehead atoms. The van der Waals surface area contributed by atoms with Gasteiger partial charge in [0, 0.05) is 19.1 Å². The second-order valence-corrected chi connectivity index (χ2v) is 7.20. The summed E-state index contributed by atoms with van der Waals surface area (Å²) in [6.07, 6.45) is 2.62. The molecular formula is C22H27FN2O2. The predicted molar refractivity (Wildman–Crippen MR) is 104 cm³/mol. The van der Waals surface area contributed by atoms with Crippen molar-refractivity contribution in [1.29, 1.82) is 0 Å². The van der Waals surface area contributed by atoms with E-state index in [4.69, 9.17) is 4.74 Å². The molecule has 5 heteroatoms. The predicted octanol–water partition coefficient (Wildman–Crippen LogP) is 3.50. The highest BCUT2D eigenvalue weighted by Gasteiger charge is 2.25. The number of ether oxygens (including phenoxy) is 1. The number of hydrogen-bond donors (Lipinski definition) is 0. The Bertz CT molecular complexity index is 746. The van der Waals surface area contributed by atoms with Crippen LogP contribution in [0.1, 0.15) is 24.0 Å². The maximum Gasteiger partial charge on any atom is 0.227 e. The summed E-state index contributed by atoms with van der Waals surface area (Å²) in [5, 5.41) is 0. The zero-order valence-corrected chi connectivity index (χ0v) is 16.0. The molecule has 1 atom stereocenters. The summed E-state index contributed by atoms with van der Waals surface area (Å²) >= 11 is 0. The fourth-order valence-corrected chi connectivity index (χ4v) is 3.56. The first-order chi connectivity index (χ1) is 13.0. The first kappa shape index (κ1) is 19.4. The van der Waals surface area contributed by atoms with E-state index in [0.29, 0.717) is 25.6 Å². The van der Waals surface area contributed by atoms with E-state index < -0.39 is 0 Å². The van der Waals surface area contributed by atoms with Crippen LogP contribution in [-0.2, 0) is 17.8 Å². The summed E-state index contributed by atoms with van der Waals surface area (Å²) in [6.45, 7) is 2.27. The highest BCUT2D eigenvalue weighted by Crippen LogP contribution is 2.19. The molecule has 4 nitrogen and oxygen atoms in total. The van der Waals surface area contributed by atoms with E-state index in [9.17, 15) is 9.18 Å². The average molecular weight is 370 g/mol. The van der Waals surface area contributed by atoms with Gasteiger partial charge in [0.1, 0.15) is 11.6 Å². The number of nitrogens with zero attached hydrogens (tertiary/aromatic N) is 2.